The van der Waals surface area contributed by atoms with Gasteiger partial charge in [0.25, 0.3) is 0 Å². The lowest BCUT2D eigenvalue weighted by Crippen LogP contribution is -2.37. The standard InChI is InChI=1S/C21H21BrN2O3/c1-26-19-10-14-6-8-24(12-15(14)11-20(19)27-2)21(25)13-23-9-7-16-17(22)4-3-5-18(16)23/h3-5,7,9-11H,6,8,12-13H2,1-2H3. The molecule has 0 radical (unpaired) electrons. The first-order valence-corrected chi connectivity index (χ1v) is 9.65. The molecule has 1 amide bonds. The highest BCUT2D eigenvalue weighted by molar-refractivity contribution is 9.10. The van der Waals surface area contributed by atoms with Gasteiger partial charge in [-0.3, -0.25) is 4.79 Å². The molecule has 5 nitrogen and oxygen atoms in total. The maximum atomic E-state index is 12.9. The van der Waals surface area contributed by atoms with E-state index in [0.717, 1.165) is 33.1 Å². The Morgan fingerprint density at radius 2 is 1.85 bits per heavy atom. The van der Waals surface area contributed by atoms with Crippen LogP contribution >= 0.6 is 15.9 Å². The molecule has 1 aromatic heterocycles. The lowest BCUT2D eigenvalue weighted by Gasteiger charge is -2.30. The van der Waals surface area contributed by atoms with E-state index < -0.39 is 0 Å². The Balaban J connectivity index is 1.54. The third-order valence-corrected chi connectivity index (χ3v) is 5.83. The van der Waals surface area contributed by atoms with Crippen LogP contribution in [0.1, 0.15) is 11.1 Å². The Morgan fingerprint density at radius 1 is 1.11 bits per heavy atom. The fraction of sp³-hybridized carbons (Fsp3) is 0.286. The van der Waals surface area contributed by atoms with Crippen LogP contribution in [-0.2, 0) is 24.3 Å². The second-order valence-electron chi connectivity index (χ2n) is 6.66. The highest BCUT2D eigenvalue weighted by Gasteiger charge is 2.23. The van der Waals surface area contributed by atoms with E-state index in [-0.39, 0.29) is 5.91 Å². The molecule has 1 aliphatic heterocycles. The first-order chi connectivity index (χ1) is 13.1. The molecule has 0 spiro atoms. The number of nitrogens with zero attached hydrogens (tertiary/aromatic N) is 2. The van der Waals surface area contributed by atoms with E-state index in [1.54, 1.807) is 14.2 Å². The summed E-state index contributed by atoms with van der Waals surface area (Å²) in [6.07, 6.45) is 2.79. The Hall–Kier alpha value is -2.47. The normalized spacial score (nSPS) is 13.5. The van der Waals surface area contributed by atoms with E-state index in [1.165, 1.54) is 5.56 Å². The van der Waals surface area contributed by atoms with Gasteiger partial charge in [-0.1, -0.05) is 22.0 Å². The zero-order valence-corrected chi connectivity index (χ0v) is 17.0. The molecule has 3 aromatic rings. The van der Waals surface area contributed by atoms with Crippen molar-refractivity contribution in [3.05, 3.63) is 58.2 Å². The molecule has 0 saturated carbocycles. The molecule has 0 fully saturated rings. The minimum Gasteiger partial charge on any atom is -0.493 e. The Bertz CT molecular complexity index is 1010. The molecule has 0 N–H and O–H groups in total. The quantitative estimate of drug-likeness (QED) is 0.630. The van der Waals surface area contributed by atoms with E-state index >= 15 is 0 Å². The first kappa shape index (κ1) is 17.9. The Kier molecular flexibility index (Phi) is 4.83. The number of aromatic nitrogens is 1. The molecule has 1 aliphatic rings. The molecule has 0 bridgehead atoms. The van der Waals surface area contributed by atoms with Crippen molar-refractivity contribution in [3.63, 3.8) is 0 Å². The maximum Gasteiger partial charge on any atom is 0.242 e. The summed E-state index contributed by atoms with van der Waals surface area (Å²) in [5, 5.41) is 1.12. The van der Waals surface area contributed by atoms with Crippen LogP contribution in [0.3, 0.4) is 0 Å². The van der Waals surface area contributed by atoms with Gasteiger partial charge in [-0.25, -0.2) is 0 Å². The summed E-state index contributed by atoms with van der Waals surface area (Å²) in [6, 6.07) is 12.1. The SMILES string of the molecule is COc1cc2c(cc1OC)CN(C(=O)Cn1ccc3c(Br)cccc31)CC2. The van der Waals surface area contributed by atoms with Gasteiger partial charge in [-0.15, -0.1) is 0 Å². The Labute approximate surface area is 166 Å². The molecule has 4 rings (SSSR count). The van der Waals surface area contributed by atoms with E-state index in [2.05, 4.69) is 15.9 Å². The number of fused-ring (bicyclic) bond motifs is 2. The third kappa shape index (κ3) is 3.30. The number of amides is 1. The van der Waals surface area contributed by atoms with Gasteiger partial charge in [-0.05, 0) is 47.9 Å². The van der Waals surface area contributed by atoms with Crippen LogP contribution in [0.5, 0.6) is 11.5 Å². The summed E-state index contributed by atoms with van der Waals surface area (Å²) in [5.74, 6) is 1.56. The molecule has 2 aromatic carbocycles. The average molecular weight is 429 g/mol. The van der Waals surface area contributed by atoms with Crippen LogP contribution in [0.15, 0.2) is 47.1 Å². The van der Waals surface area contributed by atoms with Crippen molar-refractivity contribution < 1.29 is 14.3 Å². The minimum absolute atomic E-state index is 0.118. The van der Waals surface area contributed by atoms with Gasteiger partial charge < -0.3 is 18.9 Å². The van der Waals surface area contributed by atoms with Gasteiger partial charge in [0.2, 0.25) is 5.91 Å². The molecule has 6 heteroatoms. The molecule has 27 heavy (non-hydrogen) atoms. The smallest absolute Gasteiger partial charge is 0.242 e. The van der Waals surface area contributed by atoms with Crippen LogP contribution < -0.4 is 9.47 Å². The molecule has 0 saturated heterocycles. The van der Waals surface area contributed by atoms with Crippen LogP contribution in [0.4, 0.5) is 0 Å². The minimum atomic E-state index is 0.118. The summed E-state index contributed by atoms with van der Waals surface area (Å²) >= 11 is 3.57. The summed E-state index contributed by atoms with van der Waals surface area (Å²) < 4.78 is 13.8. The monoisotopic (exact) mass is 428 g/mol. The number of hydrogen-bond acceptors (Lipinski definition) is 3. The summed E-state index contributed by atoms with van der Waals surface area (Å²) in [7, 11) is 3.27. The number of rotatable bonds is 4. The van der Waals surface area contributed by atoms with E-state index in [4.69, 9.17) is 9.47 Å². The lowest BCUT2D eigenvalue weighted by molar-refractivity contribution is -0.132. The van der Waals surface area contributed by atoms with Gasteiger partial charge >= 0.3 is 0 Å². The number of carbonyl (C=O) groups is 1. The highest BCUT2D eigenvalue weighted by Crippen LogP contribution is 2.33. The van der Waals surface area contributed by atoms with Crippen LogP contribution in [-0.4, -0.2) is 36.1 Å². The second kappa shape index (κ2) is 7.27. The van der Waals surface area contributed by atoms with Crippen LogP contribution in [0, 0.1) is 0 Å². The summed E-state index contributed by atoms with van der Waals surface area (Å²) in [5.41, 5.74) is 3.39. The Morgan fingerprint density at radius 3 is 2.59 bits per heavy atom. The van der Waals surface area contributed by atoms with E-state index in [9.17, 15) is 4.79 Å². The van der Waals surface area contributed by atoms with Crippen LogP contribution in [0.25, 0.3) is 10.9 Å². The van der Waals surface area contributed by atoms with Gasteiger partial charge in [-0.2, -0.15) is 0 Å². The van der Waals surface area contributed by atoms with Gasteiger partial charge in [0.05, 0.1) is 14.2 Å². The average Bonchev–Trinajstić information content (AvgIpc) is 3.10. The number of carbonyl (C=O) groups excluding carboxylic acids is 1. The predicted octanol–water partition coefficient (Wildman–Crippen LogP) is 4.01. The van der Waals surface area contributed by atoms with Crippen molar-refractivity contribution >= 4 is 32.7 Å². The molecule has 0 aliphatic carbocycles. The summed E-state index contributed by atoms with van der Waals surface area (Å²) in [6.45, 7) is 1.64. The fourth-order valence-electron chi connectivity index (χ4n) is 3.67. The van der Waals surface area contributed by atoms with Crippen molar-refractivity contribution in [2.45, 2.75) is 19.5 Å². The molecular weight excluding hydrogens is 408 g/mol. The third-order valence-electron chi connectivity index (χ3n) is 5.14. The molecular formula is C21H21BrN2O3. The number of halogens is 1. The zero-order valence-electron chi connectivity index (χ0n) is 15.4. The van der Waals surface area contributed by atoms with E-state index in [1.807, 2.05) is 52.1 Å². The molecule has 0 atom stereocenters. The lowest BCUT2D eigenvalue weighted by atomic mass is 9.98. The van der Waals surface area contributed by atoms with Crippen LogP contribution in [0.2, 0.25) is 0 Å². The van der Waals surface area contributed by atoms with Crippen molar-refractivity contribution in [1.29, 1.82) is 0 Å². The number of benzene rings is 2. The van der Waals surface area contributed by atoms with Crippen molar-refractivity contribution in [2.75, 3.05) is 20.8 Å². The second-order valence-corrected chi connectivity index (χ2v) is 7.51. The number of ether oxygens (including phenoxy) is 2. The molecule has 2 heterocycles. The number of hydrogen-bond donors (Lipinski definition) is 0. The first-order valence-electron chi connectivity index (χ1n) is 8.85. The topological polar surface area (TPSA) is 43.7 Å². The van der Waals surface area contributed by atoms with E-state index in [0.29, 0.717) is 25.4 Å². The summed E-state index contributed by atoms with van der Waals surface area (Å²) in [4.78, 5) is 14.8. The van der Waals surface area contributed by atoms with Crippen molar-refractivity contribution in [3.8, 4) is 11.5 Å². The van der Waals surface area contributed by atoms with Crippen molar-refractivity contribution in [2.24, 2.45) is 0 Å². The van der Waals surface area contributed by atoms with Gasteiger partial charge in [0, 0.05) is 34.7 Å². The highest BCUT2D eigenvalue weighted by atomic mass is 79.9. The van der Waals surface area contributed by atoms with Gasteiger partial charge in [0.15, 0.2) is 11.5 Å². The fourth-order valence-corrected chi connectivity index (χ4v) is 4.15. The number of methoxy groups -OCH3 is 2. The molecule has 0 unspecified atom stereocenters. The largest absolute Gasteiger partial charge is 0.493 e. The zero-order chi connectivity index (χ0) is 19.0. The van der Waals surface area contributed by atoms with Gasteiger partial charge in [0.1, 0.15) is 6.54 Å². The maximum absolute atomic E-state index is 12.9. The predicted molar refractivity (Wildman–Crippen MR) is 108 cm³/mol. The molecule has 140 valence electrons. The van der Waals surface area contributed by atoms with Crippen molar-refractivity contribution in [1.82, 2.24) is 9.47 Å².